The number of fused-ring (bicyclic) bond motifs is 1. The maximum atomic E-state index is 4.39. The molecular weight excluding hydrogens is 194 g/mol. The second-order valence-electron chi connectivity index (χ2n) is 4.34. The Labute approximate surface area is 87.0 Å². The molecule has 0 saturated carbocycles. The van der Waals surface area contributed by atoms with Crippen LogP contribution >= 0.6 is 10.2 Å². The highest BCUT2D eigenvalue weighted by molar-refractivity contribution is 8.30. The second-order valence-corrected chi connectivity index (χ2v) is 8.40. The van der Waals surface area contributed by atoms with Gasteiger partial charge in [0.2, 0.25) is 0 Å². The van der Waals surface area contributed by atoms with Crippen LogP contribution in [-0.2, 0) is 13.0 Å². The van der Waals surface area contributed by atoms with Crippen molar-refractivity contribution in [3.63, 3.8) is 0 Å². The molecule has 2 heterocycles. The van der Waals surface area contributed by atoms with E-state index in [4.69, 9.17) is 0 Å². The first-order valence-corrected chi connectivity index (χ1v) is 7.61. The number of hydrogen-bond acceptors (Lipinski definition) is 3. The molecule has 0 fully saturated rings. The molecule has 0 spiro atoms. The van der Waals surface area contributed by atoms with Crippen molar-refractivity contribution in [1.82, 2.24) is 14.3 Å². The van der Waals surface area contributed by atoms with Crippen LogP contribution in [0.1, 0.15) is 11.4 Å². The van der Waals surface area contributed by atoms with Gasteiger partial charge in [-0.05, 0) is 18.8 Å². The Bertz CT molecular complexity index is 332. The lowest BCUT2D eigenvalue weighted by atomic mass is 10.2. The van der Waals surface area contributed by atoms with Crippen LogP contribution in [0.3, 0.4) is 0 Å². The van der Waals surface area contributed by atoms with E-state index >= 15 is 0 Å². The van der Waals surface area contributed by atoms with Gasteiger partial charge in [0.05, 0.1) is 17.9 Å². The van der Waals surface area contributed by atoms with Gasteiger partial charge in [-0.15, -0.1) is 0 Å². The third kappa shape index (κ3) is 1.91. The number of hydrogen-bond donors (Lipinski definition) is 0. The zero-order valence-corrected chi connectivity index (χ0v) is 9.84. The maximum absolute atomic E-state index is 4.39. The molecule has 0 atom stereocenters. The number of rotatable bonds is 1. The van der Waals surface area contributed by atoms with Gasteiger partial charge < -0.3 is 0 Å². The van der Waals surface area contributed by atoms with Crippen LogP contribution in [0.5, 0.6) is 0 Å². The molecule has 78 valence electrons. The van der Waals surface area contributed by atoms with Crippen molar-refractivity contribution in [2.75, 3.05) is 25.3 Å². The van der Waals surface area contributed by atoms with E-state index in [1.165, 1.54) is 11.4 Å². The summed E-state index contributed by atoms with van der Waals surface area (Å²) < 4.78 is 2.53. The molecule has 1 aliphatic heterocycles. The zero-order chi connectivity index (χ0) is 10.2. The van der Waals surface area contributed by atoms with Crippen LogP contribution in [0.25, 0.3) is 0 Å². The monoisotopic (exact) mass is 211 g/mol. The summed E-state index contributed by atoms with van der Waals surface area (Å²) in [6.45, 7) is 2.10. The highest BCUT2D eigenvalue weighted by Crippen LogP contribution is 2.42. The fraction of sp³-hybridized carbons (Fsp3) is 0.600. The van der Waals surface area contributed by atoms with Crippen LogP contribution in [0.15, 0.2) is 12.4 Å². The predicted molar refractivity (Wildman–Crippen MR) is 61.5 cm³/mol. The molecule has 1 aromatic heterocycles. The molecule has 14 heavy (non-hydrogen) atoms. The van der Waals surface area contributed by atoms with Gasteiger partial charge in [-0.3, -0.25) is 14.3 Å². The molecular formula is C10H17N3S. The van der Waals surface area contributed by atoms with Crippen molar-refractivity contribution in [3.05, 3.63) is 23.8 Å². The summed E-state index contributed by atoms with van der Waals surface area (Å²) in [5.41, 5.74) is 2.36. The minimum atomic E-state index is -0.603. The standard InChI is InChI=1S/C10H17N3S/c1-14(2,3)13-7-4-9-10(8-13)12-6-5-11-9/h5-6H,4,7-8H2,1-3H3. The Morgan fingerprint density at radius 3 is 2.43 bits per heavy atom. The van der Waals surface area contributed by atoms with Crippen LogP contribution in [0.2, 0.25) is 0 Å². The molecule has 0 saturated heterocycles. The predicted octanol–water partition coefficient (Wildman–Crippen LogP) is 1.44. The normalized spacial score (nSPS) is 19.1. The van der Waals surface area contributed by atoms with Crippen LogP contribution < -0.4 is 0 Å². The SMILES string of the molecule is CS(C)(C)N1CCc2nccnc2C1. The molecule has 0 aliphatic carbocycles. The Kier molecular flexibility index (Phi) is 2.49. The van der Waals surface area contributed by atoms with Crippen LogP contribution in [0, 0.1) is 0 Å². The first-order valence-electron chi connectivity index (χ1n) is 4.79. The minimum absolute atomic E-state index is 0.603. The molecule has 0 amide bonds. The lowest BCUT2D eigenvalue weighted by Gasteiger charge is -2.42. The Morgan fingerprint density at radius 1 is 1.14 bits per heavy atom. The summed E-state index contributed by atoms with van der Waals surface area (Å²) in [7, 11) is -0.603. The zero-order valence-electron chi connectivity index (χ0n) is 9.03. The Balaban J connectivity index is 2.22. The van der Waals surface area contributed by atoms with E-state index in [9.17, 15) is 0 Å². The highest BCUT2D eigenvalue weighted by Gasteiger charge is 2.23. The first kappa shape index (κ1) is 9.93. The lowest BCUT2D eigenvalue weighted by Crippen LogP contribution is -2.33. The van der Waals surface area contributed by atoms with Crippen LogP contribution in [-0.4, -0.2) is 39.6 Å². The van der Waals surface area contributed by atoms with E-state index in [0.29, 0.717) is 0 Å². The van der Waals surface area contributed by atoms with Crippen molar-refractivity contribution < 1.29 is 0 Å². The summed E-state index contributed by atoms with van der Waals surface area (Å²) in [6.07, 6.45) is 11.6. The smallest absolute Gasteiger partial charge is 0.0768 e. The van der Waals surface area contributed by atoms with Gasteiger partial charge in [-0.25, -0.2) is 0 Å². The van der Waals surface area contributed by atoms with Gasteiger partial charge in [-0.2, -0.15) is 10.2 Å². The molecule has 2 rings (SSSR count). The lowest BCUT2D eigenvalue weighted by molar-refractivity contribution is 0.421. The van der Waals surface area contributed by atoms with Gasteiger partial charge in [0, 0.05) is 25.4 Å². The average molecular weight is 211 g/mol. The topological polar surface area (TPSA) is 29.0 Å². The summed E-state index contributed by atoms with van der Waals surface area (Å²) >= 11 is 0. The van der Waals surface area contributed by atoms with Crippen molar-refractivity contribution in [2.24, 2.45) is 0 Å². The molecule has 0 unspecified atom stereocenters. The number of aromatic nitrogens is 2. The third-order valence-electron chi connectivity index (χ3n) is 2.56. The summed E-state index contributed by atoms with van der Waals surface area (Å²) in [5, 5.41) is 0. The Morgan fingerprint density at radius 2 is 1.79 bits per heavy atom. The van der Waals surface area contributed by atoms with Crippen molar-refractivity contribution >= 4 is 10.2 Å². The van der Waals surface area contributed by atoms with E-state index in [1.807, 2.05) is 0 Å². The molecule has 4 heteroatoms. The molecule has 1 aliphatic rings. The van der Waals surface area contributed by atoms with E-state index in [1.54, 1.807) is 12.4 Å². The molecule has 1 aromatic rings. The quantitative estimate of drug-likeness (QED) is 0.704. The minimum Gasteiger partial charge on any atom is -0.262 e. The van der Waals surface area contributed by atoms with Gasteiger partial charge in [-0.1, -0.05) is 0 Å². The van der Waals surface area contributed by atoms with Crippen LogP contribution in [0.4, 0.5) is 0 Å². The summed E-state index contributed by atoms with van der Waals surface area (Å²) in [4.78, 5) is 8.75. The largest absolute Gasteiger partial charge is 0.262 e. The molecule has 3 nitrogen and oxygen atoms in total. The molecule has 0 bridgehead atoms. The summed E-state index contributed by atoms with van der Waals surface area (Å²) in [6, 6.07) is 0. The molecule has 0 radical (unpaired) electrons. The van der Waals surface area contributed by atoms with Gasteiger partial charge in [0.1, 0.15) is 0 Å². The molecule has 0 N–H and O–H groups in total. The van der Waals surface area contributed by atoms with Gasteiger partial charge in [0.25, 0.3) is 0 Å². The molecule has 0 aromatic carbocycles. The van der Waals surface area contributed by atoms with E-state index in [-0.39, 0.29) is 0 Å². The van der Waals surface area contributed by atoms with Crippen molar-refractivity contribution in [2.45, 2.75) is 13.0 Å². The van der Waals surface area contributed by atoms with Gasteiger partial charge in [0.15, 0.2) is 0 Å². The van der Waals surface area contributed by atoms with E-state index < -0.39 is 10.2 Å². The van der Waals surface area contributed by atoms with Crippen molar-refractivity contribution in [3.8, 4) is 0 Å². The van der Waals surface area contributed by atoms with Crippen molar-refractivity contribution in [1.29, 1.82) is 0 Å². The maximum Gasteiger partial charge on any atom is 0.0768 e. The first-order chi connectivity index (χ1) is 6.57. The van der Waals surface area contributed by atoms with Gasteiger partial charge >= 0.3 is 0 Å². The summed E-state index contributed by atoms with van der Waals surface area (Å²) in [5.74, 6) is 0. The highest BCUT2D eigenvalue weighted by atomic mass is 32.3. The van der Waals surface area contributed by atoms with E-state index in [0.717, 1.165) is 19.5 Å². The number of nitrogens with zero attached hydrogens (tertiary/aromatic N) is 3. The average Bonchev–Trinajstić information content (AvgIpc) is 2.16. The fourth-order valence-corrected chi connectivity index (χ4v) is 2.83. The third-order valence-corrected chi connectivity index (χ3v) is 4.42. The van der Waals surface area contributed by atoms with E-state index in [2.05, 4.69) is 33.0 Å². The fourth-order valence-electron chi connectivity index (χ4n) is 1.68. The second kappa shape index (κ2) is 3.51. The Hall–Kier alpha value is -0.610.